The third-order valence-corrected chi connectivity index (χ3v) is 2.48. The second kappa shape index (κ2) is 6.32. The number of amides is 1. The molecule has 1 atom stereocenters. The lowest BCUT2D eigenvalue weighted by Gasteiger charge is -2.07. The first-order chi connectivity index (χ1) is 8.41. The van der Waals surface area contributed by atoms with E-state index in [-0.39, 0.29) is 23.6 Å². The summed E-state index contributed by atoms with van der Waals surface area (Å²) in [6.07, 6.45) is -1.66. The summed E-state index contributed by atoms with van der Waals surface area (Å²) in [5.74, 6) is -2.64. The maximum absolute atomic E-state index is 13.1. The van der Waals surface area contributed by atoms with Crippen molar-refractivity contribution >= 4 is 23.5 Å². The zero-order valence-electron chi connectivity index (χ0n) is 9.19. The van der Waals surface area contributed by atoms with Gasteiger partial charge in [0.25, 0.3) is 5.91 Å². The summed E-state index contributed by atoms with van der Waals surface area (Å²) in [6.45, 7) is -0.0312. The van der Waals surface area contributed by atoms with Crippen molar-refractivity contribution in [3.05, 3.63) is 34.6 Å². The summed E-state index contributed by atoms with van der Waals surface area (Å²) in [5, 5.41) is 19.6. The molecule has 5 nitrogen and oxygen atoms in total. The van der Waals surface area contributed by atoms with Crippen LogP contribution in [0.15, 0.2) is 18.2 Å². The Morgan fingerprint density at radius 2 is 2.11 bits per heavy atom. The summed E-state index contributed by atoms with van der Waals surface area (Å²) < 4.78 is 13.1. The number of aliphatic carboxylic acids is 1. The Morgan fingerprint density at radius 1 is 1.44 bits per heavy atom. The highest BCUT2D eigenvalue weighted by Crippen LogP contribution is 2.15. The van der Waals surface area contributed by atoms with Crippen LogP contribution in [0.3, 0.4) is 0 Å². The fourth-order valence-corrected chi connectivity index (χ4v) is 1.30. The SMILES string of the molecule is O=C(NCCC(O)C(=O)O)c1ccc(Cl)c(F)c1. The fraction of sp³-hybridized carbons (Fsp3) is 0.273. The molecule has 0 spiro atoms. The number of carboxylic acid groups (broad SMARTS) is 1. The number of rotatable bonds is 5. The van der Waals surface area contributed by atoms with Crippen LogP contribution in [0.5, 0.6) is 0 Å². The molecule has 0 aliphatic carbocycles. The van der Waals surface area contributed by atoms with Gasteiger partial charge in [-0.2, -0.15) is 0 Å². The summed E-state index contributed by atoms with van der Waals surface area (Å²) in [7, 11) is 0. The van der Waals surface area contributed by atoms with Crippen LogP contribution < -0.4 is 5.32 Å². The fourth-order valence-electron chi connectivity index (χ4n) is 1.19. The molecule has 18 heavy (non-hydrogen) atoms. The lowest BCUT2D eigenvalue weighted by atomic mass is 10.2. The number of aliphatic hydroxyl groups is 1. The molecule has 1 aromatic carbocycles. The maximum Gasteiger partial charge on any atom is 0.332 e. The van der Waals surface area contributed by atoms with Crippen LogP contribution >= 0.6 is 11.6 Å². The number of hydrogen-bond acceptors (Lipinski definition) is 3. The molecular formula is C11H11ClFNO4. The van der Waals surface area contributed by atoms with Gasteiger partial charge in [0.2, 0.25) is 0 Å². The second-order valence-corrected chi connectivity index (χ2v) is 3.93. The molecule has 1 aromatic rings. The van der Waals surface area contributed by atoms with Gasteiger partial charge in [0.15, 0.2) is 6.10 Å². The van der Waals surface area contributed by atoms with Gasteiger partial charge in [-0.25, -0.2) is 9.18 Å². The standard InChI is InChI=1S/C11H11ClFNO4/c12-7-2-1-6(5-8(7)13)10(16)14-4-3-9(15)11(17)18/h1-2,5,9,15H,3-4H2,(H,14,16)(H,17,18). The Labute approximate surface area is 107 Å². The van der Waals surface area contributed by atoms with Gasteiger partial charge in [-0.05, 0) is 18.2 Å². The molecule has 0 saturated heterocycles. The highest BCUT2D eigenvalue weighted by molar-refractivity contribution is 6.30. The molecule has 0 bridgehead atoms. The monoisotopic (exact) mass is 275 g/mol. The lowest BCUT2D eigenvalue weighted by molar-refractivity contribution is -0.146. The normalized spacial score (nSPS) is 11.9. The third-order valence-electron chi connectivity index (χ3n) is 2.17. The van der Waals surface area contributed by atoms with E-state index in [0.717, 1.165) is 6.07 Å². The van der Waals surface area contributed by atoms with Crippen molar-refractivity contribution in [2.24, 2.45) is 0 Å². The zero-order valence-corrected chi connectivity index (χ0v) is 9.95. The summed E-state index contributed by atoms with van der Waals surface area (Å²) in [5.41, 5.74) is 0.0710. The van der Waals surface area contributed by atoms with Crippen LogP contribution in [0.25, 0.3) is 0 Å². The van der Waals surface area contributed by atoms with Gasteiger partial charge >= 0.3 is 5.97 Å². The molecule has 0 heterocycles. The Kier molecular flexibility index (Phi) is 5.06. The maximum atomic E-state index is 13.1. The van der Waals surface area contributed by atoms with E-state index >= 15 is 0 Å². The van der Waals surface area contributed by atoms with Crippen molar-refractivity contribution in [3.8, 4) is 0 Å². The minimum Gasteiger partial charge on any atom is -0.479 e. The number of carbonyl (C=O) groups is 2. The number of carboxylic acids is 1. The van der Waals surface area contributed by atoms with Crippen LogP contribution in [0.1, 0.15) is 16.8 Å². The number of hydrogen-bond donors (Lipinski definition) is 3. The number of aliphatic hydroxyl groups excluding tert-OH is 1. The predicted octanol–water partition coefficient (Wildman–Crippen LogP) is 1.04. The summed E-state index contributed by atoms with van der Waals surface area (Å²) in [6, 6.07) is 3.57. The Morgan fingerprint density at radius 3 is 2.67 bits per heavy atom. The van der Waals surface area contributed by atoms with Gasteiger partial charge in [0.05, 0.1) is 5.02 Å². The molecule has 1 amide bonds. The molecule has 7 heteroatoms. The van der Waals surface area contributed by atoms with E-state index in [2.05, 4.69) is 5.32 Å². The average molecular weight is 276 g/mol. The number of nitrogens with one attached hydrogen (secondary N) is 1. The van der Waals surface area contributed by atoms with Gasteiger partial charge in [-0.15, -0.1) is 0 Å². The highest BCUT2D eigenvalue weighted by Gasteiger charge is 2.14. The Hall–Kier alpha value is -1.66. The first-order valence-corrected chi connectivity index (χ1v) is 5.43. The molecule has 0 aliphatic heterocycles. The predicted molar refractivity (Wildman–Crippen MR) is 62.0 cm³/mol. The topological polar surface area (TPSA) is 86.6 Å². The van der Waals surface area contributed by atoms with E-state index in [1.54, 1.807) is 0 Å². The van der Waals surface area contributed by atoms with Crippen LogP contribution in [0.2, 0.25) is 5.02 Å². The first kappa shape index (κ1) is 14.4. The molecule has 1 rings (SSSR count). The van der Waals surface area contributed by atoms with E-state index in [9.17, 15) is 14.0 Å². The Balaban J connectivity index is 2.50. The molecule has 0 aliphatic rings. The molecule has 0 radical (unpaired) electrons. The molecule has 0 fully saturated rings. The largest absolute Gasteiger partial charge is 0.479 e. The van der Waals surface area contributed by atoms with E-state index in [4.69, 9.17) is 21.8 Å². The van der Waals surface area contributed by atoms with Crippen molar-refractivity contribution in [1.29, 1.82) is 0 Å². The van der Waals surface area contributed by atoms with Gasteiger partial charge < -0.3 is 15.5 Å². The second-order valence-electron chi connectivity index (χ2n) is 3.53. The molecule has 1 unspecified atom stereocenters. The van der Waals surface area contributed by atoms with Crippen molar-refractivity contribution in [3.63, 3.8) is 0 Å². The van der Waals surface area contributed by atoms with E-state index < -0.39 is 23.8 Å². The van der Waals surface area contributed by atoms with Gasteiger partial charge in [0.1, 0.15) is 5.82 Å². The summed E-state index contributed by atoms with van der Waals surface area (Å²) in [4.78, 5) is 21.8. The quantitative estimate of drug-likeness (QED) is 0.749. The van der Waals surface area contributed by atoms with Crippen LogP contribution in [0, 0.1) is 5.82 Å². The third kappa shape index (κ3) is 3.97. The minimum atomic E-state index is -1.53. The van der Waals surface area contributed by atoms with Crippen molar-refractivity contribution < 1.29 is 24.2 Å². The first-order valence-electron chi connectivity index (χ1n) is 5.06. The minimum absolute atomic E-state index is 0.0312. The number of benzene rings is 1. The summed E-state index contributed by atoms with van der Waals surface area (Å²) >= 11 is 5.46. The highest BCUT2D eigenvalue weighted by atomic mass is 35.5. The van der Waals surface area contributed by atoms with Gasteiger partial charge in [-0.1, -0.05) is 11.6 Å². The molecule has 3 N–H and O–H groups in total. The van der Waals surface area contributed by atoms with Crippen LogP contribution in [-0.2, 0) is 4.79 Å². The Bertz CT molecular complexity index is 466. The van der Waals surface area contributed by atoms with Crippen LogP contribution in [0.4, 0.5) is 4.39 Å². The smallest absolute Gasteiger partial charge is 0.332 e. The van der Waals surface area contributed by atoms with Crippen molar-refractivity contribution in [2.45, 2.75) is 12.5 Å². The molecule has 98 valence electrons. The number of carbonyl (C=O) groups excluding carboxylic acids is 1. The van der Waals surface area contributed by atoms with E-state index in [1.807, 2.05) is 0 Å². The van der Waals surface area contributed by atoms with Gasteiger partial charge in [-0.3, -0.25) is 4.79 Å². The average Bonchev–Trinajstić information content (AvgIpc) is 2.32. The molecular weight excluding hydrogens is 265 g/mol. The molecule has 0 saturated carbocycles. The van der Waals surface area contributed by atoms with Crippen molar-refractivity contribution in [1.82, 2.24) is 5.32 Å². The number of halogens is 2. The van der Waals surface area contributed by atoms with Gasteiger partial charge in [0, 0.05) is 18.5 Å². The van der Waals surface area contributed by atoms with Crippen molar-refractivity contribution in [2.75, 3.05) is 6.54 Å². The van der Waals surface area contributed by atoms with E-state index in [0.29, 0.717) is 0 Å². The van der Waals surface area contributed by atoms with E-state index in [1.165, 1.54) is 12.1 Å². The molecule has 0 aromatic heterocycles. The zero-order chi connectivity index (χ0) is 13.7. The van der Waals surface area contributed by atoms with Crippen LogP contribution in [-0.4, -0.2) is 34.7 Å². The lowest BCUT2D eigenvalue weighted by Crippen LogP contribution is -2.30.